The Hall–Kier alpha value is -2.95. The third-order valence-corrected chi connectivity index (χ3v) is 3.24. The molecule has 0 fully saturated rings. The van der Waals surface area contributed by atoms with E-state index in [1.807, 2.05) is 6.07 Å². The molecule has 0 amide bonds. The molecule has 2 aliphatic carbocycles. The number of rotatable bonds is 1. The number of hydrogen-bond donors (Lipinski definition) is 2. The highest BCUT2D eigenvalue weighted by Crippen LogP contribution is 2.26. The number of fused-ring (bicyclic) bond motifs is 1. The Morgan fingerprint density at radius 2 is 1.90 bits per heavy atom. The van der Waals surface area contributed by atoms with Crippen molar-refractivity contribution in [3.05, 3.63) is 63.3 Å². The molecule has 1 aromatic carbocycles. The number of phenolic OH excluding ortho intramolecular Hbond substituents is 2. The van der Waals surface area contributed by atoms with E-state index >= 15 is 0 Å². The second-order valence-electron chi connectivity index (χ2n) is 4.54. The minimum atomic E-state index is -0.334. The molecule has 0 aliphatic heterocycles. The Morgan fingerprint density at radius 1 is 1.10 bits per heavy atom. The minimum absolute atomic E-state index is 0.0836. The van der Waals surface area contributed by atoms with Gasteiger partial charge in [-0.05, 0) is 11.3 Å². The van der Waals surface area contributed by atoms with Gasteiger partial charge in [0.15, 0.2) is 5.43 Å². The van der Waals surface area contributed by atoms with E-state index in [2.05, 4.69) is 12.1 Å². The van der Waals surface area contributed by atoms with Gasteiger partial charge in [-0.15, -0.1) is 0 Å². The molecule has 2 N–H and O–H groups in total. The zero-order valence-electron chi connectivity index (χ0n) is 11.2. The standard InChI is InChI=1S/C9H6O4.C7H6O/c10-5-3-7(12)9-6(11)1-2-13-8(9)4-5;1-8-7-4-5-2-3-6(5)7/h1-4,10,12H;2-4H,1H3. The first-order valence-corrected chi connectivity index (χ1v) is 6.22. The first-order valence-electron chi connectivity index (χ1n) is 6.22. The second kappa shape index (κ2) is 4.86. The van der Waals surface area contributed by atoms with Gasteiger partial charge in [-0.25, -0.2) is 0 Å². The minimum Gasteiger partial charge on any atom is -0.508 e. The summed E-state index contributed by atoms with van der Waals surface area (Å²) in [5.74, 6) is 0.617. The molecule has 2 aromatic rings. The summed E-state index contributed by atoms with van der Waals surface area (Å²) >= 11 is 0. The topological polar surface area (TPSA) is 79.9 Å². The Bertz CT molecular complexity index is 972. The Balaban J connectivity index is 0.000000140. The zero-order valence-corrected chi connectivity index (χ0v) is 11.2. The number of hydrogen-bond acceptors (Lipinski definition) is 5. The largest absolute Gasteiger partial charge is 0.508 e. The van der Waals surface area contributed by atoms with E-state index in [1.165, 1.54) is 28.8 Å². The van der Waals surface area contributed by atoms with Crippen molar-refractivity contribution in [3.8, 4) is 17.2 Å². The van der Waals surface area contributed by atoms with Gasteiger partial charge in [-0.3, -0.25) is 4.79 Å². The van der Waals surface area contributed by atoms with Gasteiger partial charge in [0.05, 0.1) is 13.4 Å². The molecular weight excluding hydrogens is 272 g/mol. The van der Waals surface area contributed by atoms with Crippen LogP contribution < -0.4 is 10.2 Å². The molecule has 0 bridgehead atoms. The quantitative estimate of drug-likeness (QED) is 0.561. The lowest BCUT2D eigenvalue weighted by Gasteiger charge is -2.08. The highest BCUT2D eigenvalue weighted by atomic mass is 16.5. The molecular formula is C16H12O5. The highest BCUT2D eigenvalue weighted by Gasteiger charge is 2.07. The van der Waals surface area contributed by atoms with Crippen LogP contribution in [0, 0.1) is 10.4 Å². The number of benzene rings is 2. The van der Waals surface area contributed by atoms with Crippen LogP contribution >= 0.6 is 0 Å². The van der Waals surface area contributed by atoms with Crippen LogP contribution in [-0.2, 0) is 0 Å². The van der Waals surface area contributed by atoms with Gasteiger partial charge in [0.25, 0.3) is 0 Å². The molecule has 0 spiro atoms. The smallest absolute Gasteiger partial charge is 0.196 e. The third-order valence-electron chi connectivity index (χ3n) is 3.24. The second-order valence-corrected chi connectivity index (χ2v) is 4.54. The van der Waals surface area contributed by atoms with Crippen molar-refractivity contribution in [2.24, 2.45) is 0 Å². The molecule has 0 atom stereocenters. The van der Waals surface area contributed by atoms with E-state index in [0.717, 1.165) is 11.8 Å². The van der Waals surface area contributed by atoms with Crippen LogP contribution in [0.3, 0.4) is 0 Å². The fourth-order valence-corrected chi connectivity index (χ4v) is 2.10. The molecule has 4 rings (SSSR count). The number of aromatic hydroxyl groups is 2. The van der Waals surface area contributed by atoms with Crippen molar-refractivity contribution in [2.45, 2.75) is 0 Å². The van der Waals surface area contributed by atoms with E-state index in [-0.39, 0.29) is 27.9 Å². The van der Waals surface area contributed by atoms with Gasteiger partial charge in [-0.2, -0.15) is 0 Å². The van der Waals surface area contributed by atoms with Gasteiger partial charge >= 0.3 is 0 Å². The van der Waals surface area contributed by atoms with E-state index in [0.29, 0.717) is 0 Å². The van der Waals surface area contributed by atoms with Gasteiger partial charge in [0, 0.05) is 23.4 Å². The summed E-state index contributed by atoms with van der Waals surface area (Å²) in [5, 5.41) is 21.1. The molecule has 1 aromatic heterocycles. The summed E-state index contributed by atoms with van der Waals surface area (Å²) in [4.78, 5) is 11.2. The fourth-order valence-electron chi connectivity index (χ4n) is 2.10. The molecule has 21 heavy (non-hydrogen) atoms. The van der Waals surface area contributed by atoms with Crippen molar-refractivity contribution >= 4 is 11.0 Å². The molecule has 106 valence electrons. The van der Waals surface area contributed by atoms with Crippen molar-refractivity contribution < 1.29 is 19.4 Å². The van der Waals surface area contributed by atoms with Crippen LogP contribution in [0.1, 0.15) is 0 Å². The molecule has 0 radical (unpaired) electrons. The van der Waals surface area contributed by atoms with Crippen LogP contribution in [0.5, 0.6) is 17.2 Å². The number of methoxy groups -OCH3 is 1. The van der Waals surface area contributed by atoms with Gasteiger partial charge in [0.2, 0.25) is 0 Å². The van der Waals surface area contributed by atoms with Crippen molar-refractivity contribution in [2.75, 3.05) is 7.11 Å². The summed E-state index contributed by atoms with van der Waals surface area (Å²) in [7, 11) is 1.70. The predicted octanol–water partition coefficient (Wildman–Crippen LogP) is 2.50. The highest BCUT2D eigenvalue weighted by molar-refractivity contribution is 5.84. The average molecular weight is 284 g/mol. The van der Waals surface area contributed by atoms with Gasteiger partial charge < -0.3 is 19.4 Å². The van der Waals surface area contributed by atoms with Crippen LogP contribution in [0.2, 0.25) is 0 Å². The lowest BCUT2D eigenvalue weighted by molar-refractivity contribution is 0.407. The Morgan fingerprint density at radius 3 is 2.43 bits per heavy atom. The zero-order chi connectivity index (χ0) is 15.0. The summed E-state index contributed by atoms with van der Waals surface area (Å²) in [5.41, 5.74) is -0.163. The van der Waals surface area contributed by atoms with E-state index in [4.69, 9.17) is 14.3 Å². The number of ether oxygens (including phenoxy) is 1. The molecule has 5 heteroatoms. The maximum absolute atomic E-state index is 11.2. The Kier molecular flexibility index (Phi) is 3.02. The van der Waals surface area contributed by atoms with Crippen molar-refractivity contribution in [3.63, 3.8) is 0 Å². The monoisotopic (exact) mass is 284 g/mol. The molecule has 0 unspecified atom stereocenters. The summed E-state index contributed by atoms with van der Waals surface area (Å²) in [6.07, 6.45) is 1.21. The lowest BCUT2D eigenvalue weighted by Crippen LogP contribution is -1.97. The maximum atomic E-state index is 11.2. The molecule has 0 saturated carbocycles. The molecule has 2 aliphatic rings. The predicted molar refractivity (Wildman–Crippen MR) is 76.5 cm³/mol. The van der Waals surface area contributed by atoms with Gasteiger partial charge in [-0.1, -0.05) is 12.1 Å². The maximum Gasteiger partial charge on any atom is 0.196 e. The van der Waals surface area contributed by atoms with Crippen LogP contribution in [-0.4, -0.2) is 17.3 Å². The lowest BCUT2D eigenvalue weighted by atomic mass is 10.1. The van der Waals surface area contributed by atoms with Crippen LogP contribution in [0.25, 0.3) is 11.0 Å². The van der Waals surface area contributed by atoms with Crippen molar-refractivity contribution in [1.29, 1.82) is 0 Å². The molecule has 1 heterocycles. The molecule has 5 nitrogen and oxygen atoms in total. The molecule has 0 saturated heterocycles. The fraction of sp³-hybridized carbons (Fsp3) is 0.0625. The van der Waals surface area contributed by atoms with E-state index in [9.17, 15) is 9.90 Å². The third kappa shape index (κ3) is 2.18. The SMILES string of the molecule is COc1cc2ccc1=2.O=c1ccoc2cc(O)cc(O)c12. The number of phenols is 2. The summed E-state index contributed by atoms with van der Waals surface area (Å²) < 4.78 is 9.91. The normalized spacial score (nSPS) is 10.7. The van der Waals surface area contributed by atoms with E-state index < -0.39 is 0 Å². The first kappa shape index (κ1) is 13.1. The summed E-state index contributed by atoms with van der Waals surface area (Å²) in [6.45, 7) is 0. The van der Waals surface area contributed by atoms with E-state index in [1.54, 1.807) is 7.11 Å². The van der Waals surface area contributed by atoms with Crippen LogP contribution in [0.4, 0.5) is 0 Å². The van der Waals surface area contributed by atoms with Gasteiger partial charge in [0.1, 0.15) is 28.2 Å². The Labute approximate surface area is 119 Å². The van der Waals surface area contributed by atoms with Crippen molar-refractivity contribution in [1.82, 2.24) is 0 Å². The summed E-state index contributed by atoms with van der Waals surface area (Å²) in [6, 6.07) is 9.76. The first-order chi connectivity index (χ1) is 10.1. The van der Waals surface area contributed by atoms with Crippen LogP contribution in [0.15, 0.2) is 51.9 Å². The average Bonchev–Trinajstić information content (AvgIpc) is 2.42.